The lowest BCUT2D eigenvalue weighted by molar-refractivity contribution is -0.392. The van der Waals surface area contributed by atoms with E-state index in [1.807, 2.05) is 23.1 Å². The third-order valence-electron chi connectivity index (χ3n) is 4.24. The zero-order chi connectivity index (χ0) is 18.9. The smallest absolute Gasteiger partial charge is 0.369 e. The van der Waals surface area contributed by atoms with Crippen LogP contribution in [-0.4, -0.2) is 53.6 Å². The molecule has 0 radical (unpaired) electrons. The minimum Gasteiger partial charge on any atom is -0.369 e. The molecule has 0 bridgehead atoms. The Bertz CT molecular complexity index is 922. The molecule has 11 heteroatoms. The Morgan fingerprint density at radius 2 is 1.96 bits per heavy atom. The first-order valence-electron chi connectivity index (χ1n) is 8.05. The van der Waals surface area contributed by atoms with Crippen molar-refractivity contribution in [2.45, 2.75) is 18.4 Å². The van der Waals surface area contributed by atoms with Gasteiger partial charge in [-0.3, -0.25) is 0 Å². The first kappa shape index (κ1) is 18.6. The molecule has 0 amide bonds. The number of nitro groups is 1. The minimum absolute atomic E-state index is 0.226. The molecule has 2 heterocycles. The Kier molecular flexibility index (Phi) is 5.17. The monoisotopic (exact) mass is 399 g/mol. The number of nitrogens with zero attached hydrogens (tertiary/aromatic N) is 5. The van der Waals surface area contributed by atoms with Gasteiger partial charge in [-0.1, -0.05) is 17.7 Å². The van der Waals surface area contributed by atoms with Gasteiger partial charge in [0.15, 0.2) is 0 Å². The highest BCUT2D eigenvalue weighted by Crippen LogP contribution is 2.27. The normalized spacial score (nSPS) is 16.0. The van der Waals surface area contributed by atoms with Gasteiger partial charge in [0.2, 0.25) is 4.90 Å². The number of rotatable bonds is 5. The van der Waals surface area contributed by atoms with E-state index in [0.717, 1.165) is 5.69 Å². The van der Waals surface area contributed by atoms with E-state index in [1.54, 1.807) is 13.0 Å². The molecule has 1 fully saturated rings. The molecule has 0 atom stereocenters. The maximum absolute atomic E-state index is 12.9. The zero-order valence-electron chi connectivity index (χ0n) is 14.1. The summed E-state index contributed by atoms with van der Waals surface area (Å²) in [4.78, 5) is 12.1. The average molecular weight is 400 g/mol. The summed E-state index contributed by atoms with van der Waals surface area (Å²) in [6, 6.07) is 7.34. The topological polar surface area (TPSA) is 102 Å². The molecule has 1 aromatic carbocycles. The molecular formula is C15H18ClN5O4S. The molecule has 1 saturated heterocycles. The largest absolute Gasteiger partial charge is 0.410 e. The number of piperazine rings is 1. The molecule has 0 spiro atoms. The van der Waals surface area contributed by atoms with Crippen LogP contribution in [0.4, 0.5) is 11.5 Å². The predicted octanol–water partition coefficient (Wildman–Crippen LogP) is 1.98. The summed E-state index contributed by atoms with van der Waals surface area (Å²) in [5.74, 6) is -0.635. The Labute approximate surface area is 156 Å². The lowest BCUT2D eigenvalue weighted by atomic mass is 10.2. The third kappa shape index (κ3) is 3.53. The molecule has 26 heavy (non-hydrogen) atoms. The van der Waals surface area contributed by atoms with Crippen molar-refractivity contribution in [2.24, 2.45) is 0 Å². The number of benzene rings is 1. The van der Waals surface area contributed by atoms with Gasteiger partial charge in [-0.2, -0.15) is 8.99 Å². The summed E-state index contributed by atoms with van der Waals surface area (Å²) < 4.78 is 28.3. The van der Waals surface area contributed by atoms with Gasteiger partial charge in [-0.25, -0.2) is 8.42 Å². The molecule has 0 unspecified atom stereocenters. The summed E-state index contributed by atoms with van der Waals surface area (Å²) in [5, 5.41) is 15.5. The fraction of sp³-hybridized carbons (Fsp3) is 0.400. The summed E-state index contributed by atoms with van der Waals surface area (Å²) in [6.07, 6.45) is 1.22. The predicted molar refractivity (Wildman–Crippen MR) is 97.0 cm³/mol. The number of hydrogen-bond acceptors (Lipinski definition) is 6. The van der Waals surface area contributed by atoms with Crippen molar-refractivity contribution in [3.8, 4) is 0 Å². The molecule has 0 aliphatic carbocycles. The molecule has 1 aliphatic rings. The van der Waals surface area contributed by atoms with E-state index in [1.165, 1.54) is 15.2 Å². The fourth-order valence-corrected chi connectivity index (χ4v) is 4.57. The summed E-state index contributed by atoms with van der Waals surface area (Å²) in [7, 11) is -3.99. The van der Waals surface area contributed by atoms with E-state index >= 15 is 0 Å². The molecule has 1 aromatic heterocycles. The van der Waals surface area contributed by atoms with Crippen LogP contribution in [0.15, 0.2) is 35.4 Å². The Hall–Kier alpha value is -2.17. The van der Waals surface area contributed by atoms with Crippen LogP contribution in [0, 0.1) is 10.1 Å². The number of anilines is 1. The molecule has 140 valence electrons. The second-order valence-electron chi connectivity index (χ2n) is 5.80. The van der Waals surface area contributed by atoms with Crippen LogP contribution in [0.2, 0.25) is 5.02 Å². The van der Waals surface area contributed by atoms with E-state index in [4.69, 9.17) is 11.6 Å². The standard InChI is InChI=1S/C15H18ClN5O4S/c1-2-19-11-14(15(17-19)21(22)23)26(24,25)20-8-6-18(7-9-20)13-5-3-4-12(16)10-13/h3-5,10-11H,2,6-9H2,1H3. The molecule has 1 aliphatic heterocycles. The zero-order valence-corrected chi connectivity index (χ0v) is 15.6. The van der Waals surface area contributed by atoms with Gasteiger partial charge < -0.3 is 15.0 Å². The first-order chi connectivity index (χ1) is 12.3. The van der Waals surface area contributed by atoms with Gasteiger partial charge in [-0.15, -0.1) is 0 Å². The summed E-state index contributed by atoms with van der Waals surface area (Å²) in [5.41, 5.74) is 0.916. The van der Waals surface area contributed by atoms with Gasteiger partial charge in [0.05, 0.1) is 17.8 Å². The van der Waals surface area contributed by atoms with Gasteiger partial charge >= 0.3 is 5.82 Å². The van der Waals surface area contributed by atoms with Gasteiger partial charge in [0.1, 0.15) is 0 Å². The van der Waals surface area contributed by atoms with E-state index in [-0.39, 0.29) is 18.0 Å². The number of hydrogen-bond donors (Lipinski definition) is 0. The van der Waals surface area contributed by atoms with E-state index < -0.39 is 20.8 Å². The molecule has 0 N–H and O–H groups in total. The van der Waals surface area contributed by atoms with Gasteiger partial charge in [0.25, 0.3) is 10.0 Å². The molecule has 2 aromatic rings. The van der Waals surface area contributed by atoms with Crippen molar-refractivity contribution in [1.29, 1.82) is 0 Å². The maximum atomic E-state index is 12.9. The van der Waals surface area contributed by atoms with E-state index in [2.05, 4.69) is 5.10 Å². The van der Waals surface area contributed by atoms with E-state index in [9.17, 15) is 18.5 Å². The maximum Gasteiger partial charge on any atom is 0.410 e. The average Bonchev–Trinajstić information content (AvgIpc) is 3.07. The quantitative estimate of drug-likeness (QED) is 0.562. The number of aryl methyl sites for hydroxylation is 1. The Morgan fingerprint density at radius 1 is 1.27 bits per heavy atom. The Balaban J connectivity index is 1.80. The van der Waals surface area contributed by atoms with Crippen molar-refractivity contribution in [2.75, 3.05) is 31.1 Å². The molecule has 3 rings (SSSR count). The summed E-state index contributed by atoms with van der Waals surface area (Å²) >= 11 is 6.00. The van der Waals surface area contributed by atoms with Crippen LogP contribution in [0.1, 0.15) is 6.92 Å². The van der Waals surface area contributed by atoms with Crippen LogP contribution in [-0.2, 0) is 16.6 Å². The van der Waals surface area contributed by atoms with Gasteiger partial charge in [-0.05, 0) is 30.0 Å². The number of halogens is 1. The highest BCUT2D eigenvalue weighted by atomic mass is 35.5. The first-order valence-corrected chi connectivity index (χ1v) is 9.87. The molecular weight excluding hydrogens is 382 g/mol. The highest BCUT2D eigenvalue weighted by Gasteiger charge is 2.37. The van der Waals surface area contributed by atoms with Crippen LogP contribution in [0.5, 0.6) is 0 Å². The molecule has 0 saturated carbocycles. The third-order valence-corrected chi connectivity index (χ3v) is 6.36. The van der Waals surface area contributed by atoms with E-state index in [0.29, 0.717) is 24.7 Å². The Morgan fingerprint density at radius 3 is 2.54 bits per heavy atom. The van der Waals surface area contributed by atoms with Crippen LogP contribution < -0.4 is 4.90 Å². The van der Waals surface area contributed by atoms with Gasteiger partial charge in [0, 0.05) is 36.9 Å². The highest BCUT2D eigenvalue weighted by molar-refractivity contribution is 7.89. The van der Waals surface area contributed by atoms with Crippen molar-refractivity contribution in [3.63, 3.8) is 0 Å². The van der Waals surface area contributed by atoms with Crippen molar-refractivity contribution in [1.82, 2.24) is 14.1 Å². The summed E-state index contributed by atoms with van der Waals surface area (Å²) in [6.45, 7) is 3.47. The lowest BCUT2D eigenvalue weighted by Gasteiger charge is -2.35. The van der Waals surface area contributed by atoms with Crippen molar-refractivity contribution >= 4 is 33.1 Å². The SMILES string of the molecule is CCn1cc(S(=O)(=O)N2CCN(c3cccc(Cl)c3)CC2)c([N+](=O)[O-])n1. The van der Waals surface area contributed by atoms with Crippen molar-refractivity contribution in [3.05, 3.63) is 45.6 Å². The fourth-order valence-electron chi connectivity index (χ4n) is 2.86. The molecule has 9 nitrogen and oxygen atoms in total. The second kappa shape index (κ2) is 7.22. The van der Waals surface area contributed by atoms with Crippen LogP contribution >= 0.6 is 11.6 Å². The minimum atomic E-state index is -3.99. The van der Waals surface area contributed by atoms with Crippen LogP contribution in [0.25, 0.3) is 0 Å². The van der Waals surface area contributed by atoms with Crippen molar-refractivity contribution < 1.29 is 13.3 Å². The number of sulfonamides is 1. The lowest BCUT2D eigenvalue weighted by Crippen LogP contribution is -2.48. The number of aromatic nitrogens is 2. The second-order valence-corrected chi connectivity index (χ2v) is 8.14. The van der Waals surface area contributed by atoms with Crippen LogP contribution in [0.3, 0.4) is 0 Å².